The van der Waals surface area contributed by atoms with Crippen molar-refractivity contribution in [3.05, 3.63) is 47.0 Å². The van der Waals surface area contributed by atoms with Gasteiger partial charge in [-0.1, -0.05) is 18.2 Å². The molecule has 21 heavy (non-hydrogen) atoms. The zero-order chi connectivity index (χ0) is 14.8. The average molecular weight is 279 g/mol. The van der Waals surface area contributed by atoms with Crippen LogP contribution in [0.15, 0.2) is 30.3 Å². The Labute approximate surface area is 124 Å². The van der Waals surface area contributed by atoms with Gasteiger partial charge in [0.05, 0.1) is 18.4 Å². The molecule has 1 aliphatic heterocycles. The molecule has 3 N–H and O–H groups in total. The molecule has 106 valence electrons. The number of anilines is 1. The van der Waals surface area contributed by atoms with Crippen LogP contribution in [0.3, 0.4) is 0 Å². The number of nitrogens with two attached hydrogens (primary N) is 1. The summed E-state index contributed by atoms with van der Waals surface area (Å²) in [6.45, 7) is 1.62. The number of nitriles is 1. The number of hydrogen-bond donors (Lipinski definition) is 2. The lowest BCUT2D eigenvalue weighted by atomic mass is 9.87. The number of methoxy groups -OCH3 is 1. The van der Waals surface area contributed by atoms with Gasteiger partial charge in [-0.25, -0.2) is 0 Å². The van der Waals surface area contributed by atoms with E-state index >= 15 is 0 Å². The molecule has 0 saturated carbocycles. The summed E-state index contributed by atoms with van der Waals surface area (Å²) in [5.74, 6) is 0.812. The Morgan fingerprint density at radius 3 is 2.81 bits per heavy atom. The Kier molecular flexibility index (Phi) is 3.51. The van der Waals surface area contributed by atoms with E-state index in [-0.39, 0.29) is 0 Å². The molecule has 1 heterocycles. The minimum absolute atomic E-state index is 0.526. The lowest BCUT2D eigenvalue weighted by molar-refractivity contribution is 0.416. The SMILES string of the molecule is COc1ccccc1-c1cc(C#N)c(N)c2c1CCNC2. The van der Waals surface area contributed by atoms with Gasteiger partial charge in [-0.2, -0.15) is 5.26 Å². The molecular formula is C17H17N3O. The normalized spacial score (nSPS) is 13.3. The van der Waals surface area contributed by atoms with Gasteiger partial charge in [-0.15, -0.1) is 0 Å². The second-order valence-corrected chi connectivity index (χ2v) is 5.08. The highest BCUT2D eigenvalue weighted by atomic mass is 16.5. The summed E-state index contributed by atoms with van der Waals surface area (Å²) >= 11 is 0. The Morgan fingerprint density at radius 1 is 1.24 bits per heavy atom. The van der Waals surface area contributed by atoms with Gasteiger partial charge in [-0.05, 0) is 41.8 Å². The second-order valence-electron chi connectivity index (χ2n) is 5.08. The maximum Gasteiger partial charge on any atom is 0.126 e. The van der Waals surface area contributed by atoms with Crippen molar-refractivity contribution in [3.8, 4) is 22.9 Å². The topological polar surface area (TPSA) is 71.1 Å². The van der Waals surface area contributed by atoms with Crippen molar-refractivity contribution in [2.75, 3.05) is 19.4 Å². The van der Waals surface area contributed by atoms with E-state index in [1.165, 1.54) is 5.56 Å². The highest BCUT2D eigenvalue weighted by Crippen LogP contribution is 2.38. The zero-order valence-electron chi connectivity index (χ0n) is 11.9. The number of nitrogens with one attached hydrogen (secondary N) is 1. The van der Waals surface area contributed by atoms with Crippen molar-refractivity contribution in [1.82, 2.24) is 5.32 Å². The standard InChI is InChI=1S/C17H17N3O/c1-21-16-5-3-2-4-13(16)14-8-11(9-18)17(19)15-10-20-7-6-12(14)15/h2-5,8,20H,6-7,10,19H2,1H3. The van der Waals surface area contributed by atoms with Crippen LogP contribution >= 0.6 is 0 Å². The summed E-state index contributed by atoms with van der Waals surface area (Å²) < 4.78 is 5.46. The Balaban J connectivity index is 2.30. The number of para-hydroxylation sites is 1. The van der Waals surface area contributed by atoms with E-state index in [0.717, 1.165) is 35.4 Å². The molecule has 0 radical (unpaired) electrons. The number of nitrogen functional groups attached to an aromatic ring is 1. The van der Waals surface area contributed by atoms with Crippen molar-refractivity contribution in [2.24, 2.45) is 0 Å². The Hall–Kier alpha value is -2.51. The molecule has 3 rings (SSSR count). The van der Waals surface area contributed by atoms with E-state index in [4.69, 9.17) is 10.5 Å². The monoisotopic (exact) mass is 279 g/mol. The van der Waals surface area contributed by atoms with Gasteiger partial charge in [0.15, 0.2) is 0 Å². The minimum atomic E-state index is 0.526. The van der Waals surface area contributed by atoms with Crippen LogP contribution in [0.4, 0.5) is 5.69 Å². The molecule has 1 aliphatic rings. The molecule has 2 aromatic carbocycles. The molecule has 0 amide bonds. The summed E-state index contributed by atoms with van der Waals surface area (Å²) in [7, 11) is 1.66. The number of ether oxygens (including phenoxy) is 1. The van der Waals surface area contributed by atoms with Gasteiger partial charge in [0.1, 0.15) is 11.8 Å². The molecule has 4 nitrogen and oxygen atoms in total. The number of nitrogens with zero attached hydrogens (tertiary/aromatic N) is 1. The quantitative estimate of drug-likeness (QED) is 0.828. The molecular weight excluding hydrogens is 262 g/mol. The van der Waals surface area contributed by atoms with E-state index in [9.17, 15) is 5.26 Å². The molecule has 0 spiro atoms. The van der Waals surface area contributed by atoms with Crippen LogP contribution in [-0.4, -0.2) is 13.7 Å². The first-order valence-electron chi connectivity index (χ1n) is 6.94. The lowest BCUT2D eigenvalue weighted by Gasteiger charge is -2.24. The molecule has 0 aliphatic carbocycles. The van der Waals surface area contributed by atoms with Gasteiger partial charge in [0, 0.05) is 12.1 Å². The first kappa shape index (κ1) is 13.5. The zero-order valence-corrected chi connectivity index (χ0v) is 11.9. The van der Waals surface area contributed by atoms with Crippen LogP contribution in [0.1, 0.15) is 16.7 Å². The highest BCUT2D eigenvalue weighted by molar-refractivity contribution is 5.80. The fourth-order valence-electron chi connectivity index (χ4n) is 2.91. The van der Waals surface area contributed by atoms with Crippen LogP contribution in [0.2, 0.25) is 0 Å². The molecule has 2 aromatic rings. The molecule has 0 fully saturated rings. The maximum absolute atomic E-state index is 9.34. The molecule has 0 unspecified atom stereocenters. The minimum Gasteiger partial charge on any atom is -0.496 e. The predicted octanol–water partition coefficient (Wildman–Crippen LogP) is 2.46. The fraction of sp³-hybridized carbons (Fsp3) is 0.235. The van der Waals surface area contributed by atoms with Crippen LogP contribution in [0.25, 0.3) is 11.1 Å². The number of benzene rings is 2. The summed E-state index contributed by atoms with van der Waals surface area (Å²) in [6.07, 6.45) is 0.901. The third kappa shape index (κ3) is 2.22. The second kappa shape index (κ2) is 5.47. The number of hydrogen-bond acceptors (Lipinski definition) is 4. The summed E-state index contributed by atoms with van der Waals surface area (Å²) in [6, 6.07) is 12.0. The van der Waals surface area contributed by atoms with E-state index in [2.05, 4.69) is 11.4 Å². The van der Waals surface area contributed by atoms with Crippen molar-refractivity contribution < 1.29 is 4.74 Å². The van der Waals surface area contributed by atoms with Gasteiger partial charge in [0.25, 0.3) is 0 Å². The van der Waals surface area contributed by atoms with Gasteiger partial charge < -0.3 is 15.8 Å². The highest BCUT2D eigenvalue weighted by Gasteiger charge is 2.21. The van der Waals surface area contributed by atoms with Gasteiger partial charge in [-0.3, -0.25) is 0 Å². The fourth-order valence-corrected chi connectivity index (χ4v) is 2.91. The molecule has 0 aromatic heterocycles. The van der Waals surface area contributed by atoms with Gasteiger partial charge in [0.2, 0.25) is 0 Å². The molecule has 0 saturated heterocycles. The van der Waals surface area contributed by atoms with Crippen LogP contribution < -0.4 is 15.8 Å². The van der Waals surface area contributed by atoms with Crippen molar-refractivity contribution in [2.45, 2.75) is 13.0 Å². The van der Waals surface area contributed by atoms with E-state index in [1.54, 1.807) is 7.11 Å². The van der Waals surface area contributed by atoms with Gasteiger partial charge >= 0.3 is 0 Å². The molecule has 4 heteroatoms. The number of rotatable bonds is 2. The van der Waals surface area contributed by atoms with Crippen LogP contribution in [0.5, 0.6) is 5.75 Å². The predicted molar refractivity (Wildman–Crippen MR) is 83.0 cm³/mol. The largest absolute Gasteiger partial charge is 0.496 e. The average Bonchev–Trinajstić information content (AvgIpc) is 2.55. The van der Waals surface area contributed by atoms with Crippen LogP contribution in [0, 0.1) is 11.3 Å². The summed E-state index contributed by atoms with van der Waals surface area (Å²) in [5, 5.41) is 12.7. The van der Waals surface area contributed by atoms with Crippen molar-refractivity contribution in [3.63, 3.8) is 0 Å². The Morgan fingerprint density at radius 2 is 2.05 bits per heavy atom. The maximum atomic E-state index is 9.34. The summed E-state index contributed by atoms with van der Waals surface area (Å²) in [5.41, 5.74) is 11.6. The van der Waals surface area contributed by atoms with Crippen molar-refractivity contribution >= 4 is 5.69 Å². The molecule has 0 atom stereocenters. The first-order chi connectivity index (χ1) is 10.3. The molecule has 0 bridgehead atoms. The van der Waals surface area contributed by atoms with E-state index in [1.807, 2.05) is 30.3 Å². The Bertz CT molecular complexity index is 732. The van der Waals surface area contributed by atoms with E-state index in [0.29, 0.717) is 17.8 Å². The number of fused-ring (bicyclic) bond motifs is 1. The smallest absolute Gasteiger partial charge is 0.126 e. The summed E-state index contributed by atoms with van der Waals surface area (Å²) in [4.78, 5) is 0. The third-order valence-corrected chi connectivity index (χ3v) is 3.96. The van der Waals surface area contributed by atoms with Crippen molar-refractivity contribution in [1.29, 1.82) is 5.26 Å². The third-order valence-electron chi connectivity index (χ3n) is 3.96. The van der Waals surface area contributed by atoms with Crippen LogP contribution in [-0.2, 0) is 13.0 Å². The van der Waals surface area contributed by atoms with E-state index < -0.39 is 0 Å². The first-order valence-corrected chi connectivity index (χ1v) is 6.94. The lowest BCUT2D eigenvalue weighted by Crippen LogP contribution is -2.25.